The van der Waals surface area contributed by atoms with Crippen molar-refractivity contribution in [1.82, 2.24) is 20.2 Å². The molecule has 1 aromatic carbocycles. The van der Waals surface area contributed by atoms with E-state index in [1.165, 1.54) is 17.3 Å². The van der Waals surface area contributed by atoms with Crippen LogP contribution in [0.4, 0.5) is 0 Å². The van der Waals surface area contributed by atoms with Gasteiger partial charge in [0.25, 0.3) is 0 Å². The lowest BCUT2D eigenvalue weighted by atomic mass is 9.86. The van der Waals surface area contributed by atoms with Crippen LogP contribution < -0.4 is 15.8 Å². The lowest BCUT2D eigenvalue weighted by Crippen LogP contribution is -2.47. The summed E-state index contributed by atoms with van der Waals surface area (Å²) < 4.78 is 5.38. The van der Waals surface area contributed by atoms with Crippen molar-refractivity contribution in [1.29, 1.82) is 0 Å². The molecule has 0 fully saturated rings. The number of aromatic nitrogens is 2. The number of ketones is 1. The van der Waals surface area contributed by atoms with E-state index in [-0.39, 0.29) is 42.8 Å². The van der Waals surface area contributed by atoms with Gasteiger partial charge in [-0.05, 0) is 25.1 Å². The molecule has 0 radical (unpaired) electrons. The first-order valence-corrected chi connectivity index (χ1v) is 10.1. The van der Waals surface area contributed by atoms with Crippen molar-refractivity contribution in [3.05, 3.63) is 53.5 Å². The Bertz CT molecular complexity index is 1090. The molecule has 1 aliphatic rings. The smallest absolute Gasteiger partial charge is 0.233 e. The molecule has 1 unspecified atom stereocenters. The second-order valence-electron chi connectivity index (χ2n) is 7.59. The minimum Gasteiger partial charge on any atom is -0.463 e. The van der Waals surface area contributed by atoms with Crippen LogP contribution in [0.25, 0.3) is 0 Å². The van der Waals surface area contributed by atoms with Gasteiger partial charge in [0.2, 0.25) is 11.8 Å². The van der Waals surface area contributed by atoms with Gasteiger partial charge in [-0.15, -0.1) is 0 Å². The number of nitrogens with one attached hydrogen (secondary N) is 1. The van der Waals surface area contributed by atoms with E-state index >= 15 is 0 Å². The van der Waals surface area contributed by atoms with Crippen molar-refractivity contribution in [3.63, 3.8) is 0 Å². The topological polar surface area (TPSA) is 123 Å². The van der Waals surface area contributed by atoms with Crippen molar-refractivity contribution in [2.75, 3.05) is 27.2 Å². The van der Waals surface area contributed by atoms with Crippen molar-refractivity contribution in [2.24, 2.45) is 10.7 Å². The second kappa shape index (κ2) is 10.0. The number of benzene rings is 1. The van der Waals surface area contributed by atoms with Crippen LogP contribution in [0.1, 0.15) is 35.0 Å². The van der Waals surface area contributed by atoms with Gasteiger partial charge in [-0.1, -0.05) is 36.1 Å². The van der Waals surface area contributed by atoms with Crippen LogP contribution in [-0.4, -0.2) is 59.8 Å². The van der Waals surface area contributed by atoms with E-state index in [0.29, 0.717) is 12.4 Å². The fraction of sp³-hybridized carbons (Fsp3) is 0.348. The van der Waals surface area contributed by atoms with Gasteiger partial charge in [0.15, 0.2) is 18.3 Å². The standard InChI is InChI=1S/C23H26N6O3/c1-23(13-21(31)29(3)22(24)28-23)17-8-6-7-16(11-17)12-19(30)18-14-27-20(15-26-18)32-10-5-4-9-25-2/h6-8,11,14-15,25H,9-10,12-13H2,1-3H3,(H2,24,28). The Hall–Kier alpha value is -3.77. The summed E-state index contributed by atoms with van der Waals surface area (Å²) in [5.74, 6) is 5.91. The summed E-state index contributed by atoms with van der Waals surface area (Å²) in [4.78, 5) is 39.1. The predicted octanol–water partition coefficient (Wildman–Crippen LogP) is 0.896. The maximum Gasteiger partial charge on any atom is 0.233 e. The van der Waals surface area contributed by atoms with Crippen molar-refractivity contribution in [2.45, 2.75) is 25.3 Å². The molecule has 0 saturated heterocycles. The maximum absolute atomic E-state index is 12.7. The molecule has 9 nitrogen and oxygen atoms in total. The molecular formula is C23H26N6O3. The number of nitrogens with two attached hydrogens (primary N) is 1. The molecule has 1 aromatic heterocycles. The molecule has 3 rings (SSSR count). The SMILES string of the molecule is CNCC#CCOc1cnc(C(=O)Cc2cccc(C3(C)CC(=O)N(C)C(N)=N3)c2)cn1. The number of nitrogens with zero attached hydrogens (tertiary/aromatic N) is 4. The molecule has 0 saturated carbocycles. The summed E-state index contributed by atoms with van der Waals surface area (Å²) in [7, 11) is 3.41. The maximum atomic E-state index is 12.7. The summed E-state index contributed by atoms with van der Waals surface area (Å²) in [6.07, 6.45) is 3.14. The zero-order valence-electron chi connectivity index (χ0n) is 18.4. The van der Waals surface area contributed by atoms with Gasteiger partial charge in [0, 0.05) is 13.5 Å². The number of aliphatic imine (C=N–C) groups is 1. The highest BCUT2D eigenvalue weighted by Crippen LogP contribution is 2.33. The number of carbonyl (C=O) groups is 2. The number of amides is 1. The highest BCUT2D eigenvalue weighted by atomic mass is 16.5. The zero-order chi connectivity index (χ0) is 23.1. The van der Waals surface area contributed by atoms with Crippen molar-refractivity contribution >= 4 is 17.6 Å². The van der Waals surface area contributed by atoms with E-state index in [1.54, 1.807) is 7.05 Å². The normalized spacial score (nSPS) is 17.9. The van der Waals surface area contributed by atoms with Gasteiger partial charge in [0.05, 0.1) is 30.9 Å². The van der Waals surface area contributed by atoms with E-state index in [4.69, 9.17) is 10.5 Å². The lowest BCUT2D eigenvalue weighted by molar-refractivity contribution is -0.128. The number of rotatable bonds is 7. The van der Waals surface area contributed by atoms with Crippen LogP contribution in [-0.2, 0) is 16.8 Å². The van der Waals surface area contributed by atoms with Gasteiger partial charge < -0.3 is 15.8 Å². The molecule has 9 heteroatoms. The number of Topliss-reactive ketones (excluding diaryl/α,β-unsaturated/α-hetero) is 1. The van der Waals surface area contributed by atoms with Crippen LogP contribution in [0.3, 0.4) is 0 Å². The third kappa shape index (κ3) is 5.47. The molecule has 2 aromatic rings. The molecule has 2 heterocycles. The Morgan fingerprint density at radius 2 is 2.12 bits per heavy atom. The Morgan fingerprint density at radius 3 is 2.81 bits per heavy atom. The van der Waals surface area contributed by atoms with Gasteiger partial charge >= 0.3 is 0 Å². The van der Waals surface area contributed by atoms with Crippen LogP contribution in [0.5, 0.6) is 5.88 Å². The van der Waals surface area contributed by atoms with E-state index in [1.807, 2.05) is 38.2 Å². The quantitative estimate of drug-likeness (QED) is 0.490. The van der Waals surface area contributed by atoms with Gasteiger partial charge in [-0.3, -0.25) is 14.5 Å². The van der Waals surface area contributed by atoms with Gasteiger partial charge in [-0.25, -0.2) is 15.0 Å². The first-order chi connectivity index (χ1) is 15.3. The molecule has 0 aliphatic carbocycles. The first-order valence-electron chi connectivity index (χ1n) is 10.1. The average Bonchev–Trinajstić information content (AvgIpc) is 2.78. The number of hydrogen-bond acceptors (Lipinski definition) is 8. The highest BCUT2D eigenvalue weighted by molar-refractivity contribution is 5.99. The fourth-order valence-electron chi connectivity index (χ4n) is 3.21. The summed E-state index contributed by atoms with van der Waals surface area (Å²) in [5, 5.41) is 2.91. The summed E-state index contributed by atoms with van der Waals surface area (Å²) in [6.45, 7) is 2.63. The third-order valence-corrected chi connectivity index (χ3v) is 5.08. The van der Waals surface area contributed by atoms with Crippen LogP contribution in [0.15, 0.2) is 41.7 Å². The summed E-state index contributed by atoms with van der Waals surface area (Å²) >= 11 is 0. The molecule has 32 heavy (non-hydrogen) atoms. The summed E-state index contributed by atoms with van der Waals surface area (Å²) in [6, 6.07) is 7.45. The molecule has 3 N–H and O–H groups in total. The Balaban J connectivity index is 1.67. The minimum absolute atomic E-state index is 0.105. The fourth-order valence-corrected chi connectivity index (χ4v) is 3.21. The summed E-state index contributed by atoms with van der Waals surface area (Å²) in [5.41, 5.74) is 6.98. The number of guanidine groups is 1. The molecule has 0 spiro atoms. The second-order valence-corrected chi connectivity index (χ2v) is 7.59. The molecule has 0 bridgehead atoms. The minimum atomic E-state index is -0.776. The third-order valence-electron chi connectivity index (χ3n) is 5.08. The van der Waals surface area contributed by atoms with E-state index in [2.05, 4.69) is 32.1 Å². The Kier molecular flexibility index (Phi) is 7.18. The van der Waals surface area contributed by atoms with Crippen molar-refractivity contribution in [3.8, 4) is 17.7 Å². The first kappa shape index (κ1) is 22.9. The van der Waals surface area contributed by atoms with Gasteiger partial charge in [0.1, 0.15) is 5.69 Å². The van der Waals surface area contributed by atoms with Crippen molar-refractivity contribution < 1.29 is 14.3 Å². The molecule has 166 valence electrons. The van der Waals surface area contributed by atoms with E-state index in [0.717, 1.165) is 11.1 Å². The number of carbonyl (C=O) groups excluding carboxylic acids is 2. The predicted molar refractivity (Wildman–Crippen MR) is 120 cm³/mol. The van der Waals surface area contributed by atoms with Gasteiger partial charge in [-0.2, -0.15) is 0 Å². The average molecular weight is 435 g/mol. The molecule has 1 amide bonds. The lowest BCUT2D eigenvalue weighted by Gasteiger charge is -2.33. The highest BCUT2D eigenvalue weighted by Gasteiger charge is 2.36. The molecular weight excluding hydrogens is 408 g/mol. The Morgan fingerprint density at radius 1 is 1.31 bits per heavy atom. The number of ether oxygens (including phenoxy) is 1. The van der Waals surface area contributed by atoms with E-state index in [9.17, 15) is 9.59 Å². The number of hydrogen-bond donors (Lipinski definition) is 2. The monoisotopic (exact) mass is 434 g/mol. The van der Waals surface area contributed by atoms with Crippen LogP contribution >= 0.6 is 0 Å². The Labute approximate surface area is 187 Å². The zero-order valence-corrected chi connectivity index (χ0v) is 18.4. The van der Waals surface area contributed by atoms with E-state index < -0.39 is 5.54 Å². The molecule has 1 atom stereocenters. The largest absolute Gasteiger partial charge is 0.463 e. The van der Waals surface area contributed by atoms with Crippen LogP contribution in [0.2, 0.25) is 0 Å². The molecule has 1 aliphatic heterocycles. The van der Waals surface area contributed by atoms with Crippen LogP contribution in [0, 0.1) is 11.8 Å².